The zero-order chi connectivity index (χ0) is 21.1. The van der Waals surface area contributed by atoms with E-state index in [0.717, 1.165) is 56.0 Å². The maximum Gasteiger partial charge on any atom is 0.324 e. The maximum absolute atomic E-state index is 13.0. The van der Waals surface area contributed by atoms with Crippen molar-refractivity contribution < 1.29 is 4.79 Å². The van der Waals surface area contributed by atoms with Crippen LogP contribution in [0, 0.1) is 0 Å². The number of aryl methyl sites for hydroxylation is 1. The van der Waals surface area contributed by atoms with Crippen LogP contribution in [0.25, 0.3) is 11.0 Å². The van der Waals surface area contributed by atoms with Crippen molar-refractivity contribution in [3.05, 3.63) is 47.8 Å². The van der Waals surface area contributed by atoms with Gasteiger partial charge in [0, 0.05) is 58.2 Å². The van der Waals surface area contributed by atoms with Crippen LogP contribution in [-0.4, -0.2) is 64.5 Å². The fraction of sp³-hybridized carbons (Fsp3) is 0.435. The average Bonchev–Trinajstić information content (AvgIpc) is 3.34. The van der Waals surface area contributed by atoms with Gasteiger partial charge in [0.25, 0.3) is 0 Å². The van der Waals surface area contributed by atoms with E-state index in [1.165, 1.54) is 16.8 Å². The summed E-state index contributed by atoms with van der Waals surface area (Å²) in [5.41, 5.74) is 5.78. The number of hydrogen-bond acceptors (Lipinski definition) is 5. The van der Waals surface area contributed by atoms with Crippen molar-refractivity contribution in [3.63, 3.8) is 0 Å². The molecule has 1 unspecified atom stereocenters. The predicted molar refractivity (Wildman–Crippen MR) is 121 cm³/mol. The number of hydrogen-bond donors (Lipinski definition) is 1. The molecule has 0 radical (unpaired) electrons. The minimum atomic E-state index is 0.146. The van der Waals surface area contributed by atoms with Crippen molar-refractivity contribution in [2.24, 2.45) is 7.05 Å². The molecule has 0 bridgehead atoms. The summed E-state index contributed by atoms with van der Waals surface area (Å²) in [6, 6.07) is 9.07. The quantitative estimate of drug-likeness (QED) is 0.693. The molecule has 160 valence electrons. The number of carbonyl (C=O) groups excluding carboxylic acids is 1. The Kier molecular flexibility index (Phi) is 4.17. The van der Waals surface area contributed by atoms with E-state index < -0.39 is 0 Å². The van der Waals surface area contributed by atoms with E-state index in [2.05, 4.69) is 51.5 Å². The largest absolute Gasteiger partial charge is 0.366 e. The Morgan fingerprint density at radius 2 is 2.10 bits per heavy atom. The molecule has 2 aromatic heterocycles. The lowest BCUT2D eigenvalue weighted by molar-refractivity contribution is 0.193. The fourth-order valence-corrected chi connectivity index (χ4v) is 5.38. The summed E-state index contributed by atoms with van der Waals surface area (Å²) in [7, 11) is 1.93. The molecular weight excluding hydrogens is 390 g/mol. The number of carbonyl (C=O) groups is 1. The molecule has 3 aliphatic rings. The number of amides is 2. The summed E-state index contributed by atoms with van der Waals surface area (Å²) >= 11 is 0. The molecule has 31 heavy (non-hydrogen) atoms. The normalized spacial score (nSPS) is 23.4. The number of nitrogens with zero attached hydrogens (tertiary/aromatic N) is 6. The number of benzene rings is 1. The van der Waals surface area contributed by atoms with Crippen molar-refractivity contribution in [1.82, 2.24) is 25.0 Å². The summed E-state index contributed by atoms with van der Waals surface area (Å²) < 4.78 is 1.82. The van der Waals surface area contributed by atoms with Crippen molar-refractivity contribution in [3.8, 4) is 0 Å². The maximum atomic E-state index is 13.0. The highest BCUT2D eigenvalue weighted by Gasteiger charge is 2.39. The summed E-state index contributed by atoms with van der Waals surface area (Å²) in [4.78, 5) is 23.8. The third-order valence-electron chi connectivity index (χ3n) is 7.00. The van der Waals surface area contributed by atoms with Gasteiger partial charge in [0.2, 0.25) is 0 Å². The van der Waals surface area contributed by atoms with E-state index in [0.29, 0.717) is 5.92 Å². The molecule has 2 saturated heterocycles. The molecule has 3 aromatic rings. The molecule has 2 amide bonds. The van der Waals surface area contributed by atoms with Gasteiger partial charge in [-0.3, -0.25) is 9.58 Å². The lowest BCUT2D eigenvalue weighted by atomic mass is 9.90. The van der Waals surface area contributed by atoms with E-state index in [-0.39, 0.29) is 12.1 Å². The summed E-state index contributed by atoms with van der Waals surface area (Å²) in [5.74, 6) is 0.366. The second-order valence-corrected chi connectivity index (χ2v) is 8.94. The second kappa shape index (κ2) is 6.95. The first-order chi connectivity index (χ1) is 15.1. The van der Waals surface area contributed by atoms with Crippen molar-refractivity contribution >= 4 is 28.4 Å². The molecule has 2 fully saturated rings. The van der Waals surface area contributed by atoms with E-state index >= 15 is 0 Å². The van der Waals surface area contributed by atoms with Gasteiger partial charge >= 0.3 is 6.03 Å². The third kappa shape index (κ3) is 2.89. The molecule has 5 heterocycles. The third-order valence-corrected chi connectivity index (χ3v) is 7.00. The number of aromatic nitrogens is 3. The van der Waals surface area contributed by atoms with Gasteiger partial charge in [0.15, 0.2) is 5.65 Å². The van der Waals surface area contributed by atoms with Crippen LogP contribution in [0.4, 0.5) is 16.2 Å². The molecule has 3 aliphatic heterocycles. The van der Waals surface area contributed by atoms with E-state index in [9.17, 15) is 4.79 Å². The Labute approximate surface area is 181 Å². The number of fused-ring (bicyclic) bond motifs is 3. The molecule has 8 nitrogen and oxygen atoms in total. The highest BCUT2D eigenvalue weighted by molar-refractivity contribution is 5.95. The van der Waals surface area contributed by atoms with Crippen LogP contribution in [0.15, 0.2) is 36.7 Å². The number of anilines is 2. The number of piperazine rings is 1. The van der Waals surface area contributed by atoms with Crippen molar-refractivity contribution in [2.45, 2.75) is 25.4 Å². The van der Waals surface area contributed by atoms with Crippen LogP contribution < -0.4 is 15.1 Å². The Hall–Kier alpha value is -3.13. The molecule has 0 spiro atoms. The predicted octanol–water partition coefficient (Wildman–Crippen LogP) is 2.31. The first kappa shape index (κ1) is 18.6. The molecule has 8 heteroatoms. The van der Waals surface area contributed by atoms with Crippen molar-refractivity contribution in [2.75, 3.05) is 42.5 Å². The standard InChI is InChI=1S/C23H27N7O/c1-15-12-28(21-5-6-25-22-20(21)11-26-27(22)2)13-16-3-4-17(9-19(15)16)30-14-18-10-24-7-8-29(18)23(30)31/h3-6,9,11,15,18,24H,7-8,10,12-14H2,1-2H3/t15-,18?/m0/s1. The Morgan fingerprint density at radius 3 is 2.97 bits per heavy atom. The monoisotopic (exact) mass is 417 g/mol. The number of pyridine rings is 1. The van der Waals surface area contributed by atoms with Crippen LogP contribution in [0.1, 0.15) is 24.0 Å². The Balaban J connectivity index is 1.30. The van der Waals surface area contributed by atoms with Gasteiger partial charge in [-0.15, -0.1) is 0 Å². The Bertz CT molecular complexity index is 1170. The number of urea groups is 1. The SMILES string of the molecule is C[C@H]1CN(c2ccnc3c2cnn3C)Cc2ccc(N3CC4CNCCN4C3=O)cc21. The zero-order valence-electron chi connectivity index (χ0n) is 18.0. The van der Waals surface area contributed by atoms with E-state index in [1.54, 1.807) is 0 Å². The average molecular weight is 418 g/mol. The minimum absolute atomic E-state index is 0.146. The van der Waals surface area contributed by atoms with Crippen LogP contribution in [0.3, 0.4) is 0 Å². The molecule has 6 rings (SSSR count). The first-order valence-corrected chi connectivity index (χ1v) is 11.0. The van der Waals surface area contributed by atoms with Gasteiger partial charge < -0.3 is 15.1 Å². The lowest BCUT2D eigenvalue weighted by Crippen LogP contribution is -2.49. The molecule has 0 saturated carbocycles. The van der Waals surface area contributed by atoms with Gasteiger partial charge in [-0.2, -0.15) is 5.10 Å². The van der Waals surface area contributed by atoms with E-state index in [1.807, 2.05) is 33.9 Å². The van der Waals surface area contributed by atoms with Crippen molar-refractivity contribution in [1.29, 1.82) is 0 Å². The second-order valence-electron chi connectivity index (χ2n) is 8.94. The highest BCUT2D eigenvalue weighted by Crippen LogP contribution is 2.37. The van der Waals surface area contributed by atoms with E-state index in [4.69, 9.17) is 0 Å². The molecule has 1 aromatic carbocycles. The van der Waals surface area contributed by atoms with Crippen LogP contribution >= 0.6 is 0 Å². The van der Waals surface area contributed by atoms with Gasteiger partial charge in [0.05, 0.1) is 23.3 Å². The molecule has 1 N–H and O–H groups in total. The topological polar surface area (TPSA) is 69.5 Å². The number of nitrogens with one attached hydrogen (secondary N) is 1. The highest BCUT2D eigenvalue weighted by atomic mass is 16.2. The first-order valence-electron chi connectivity index (χ1n) is 11.0. The van der Waals surface area contributed by atoms with Crippen LogP contribution in [-0.2, 0) is 13.6 Å². The smallest absolute Gasteiger partial charge is 0.324 e. The summed E-state index contributed by atoms with van der Waals surface area (Å²) in [6.07, 6.45) is 3.77. The Morgan fingerprint density at radius 1 is 1.19 bits per heavy atom. The fourth-order valence-electron chi connectivity index (χ4n) is 5.38. The molecule has 0 aliphatic carbocycles. The van der Waals surface area contributed by atoms with Gasteiger partial charge in [0.1, 0.15) is 0 Å². The van der Waals surface area contributed by atoms with Gasteiger partial charge in [-0.05, 0) is 35.2 Å². The lowest BCUT2D eigenvalue weighted by Gasteiger charge is -2.35. The summed E-state index contributed by atoms with van der Waals surface area (Å²) in [6.45, 7) is 7.37. The summed E-state index contributed by atoms with van der Waals surface area (Å²) in [5, 5.41) is 8.88. The molecular formula is C23H27N7O. The van der Waals surface area contributed by atoms with Gasteiger partial charge in [-0.1, -0.05) is 13.0 Å². The number of rotatable bonds is 2. The van der Waals surface area contributed by atoms with Crippen LogP contribution in [0.2, 0.25) is 0 Å². The molecule has 2 atom stereocenters. The minimum Gasteiger partial charge on any atom is -0.366 e. The van der Waals surface area contributed by atoms with Gasteiger partial charge in [-0.25, -0.2) is 9.78 Å². The zero-order valence-corrected chi connectivity index (χ0v) is 18.0. The van der Waals surface area contributed by atoms with Crippen LogP contribution in [0.5, 0.6) is 0 Å².